The van der Waals surface area contributed by atoms with Crippen molar-refractivity contribution in [2.24, 2.45) is 27.2 Å². The first-order valence-corrected chi connectivity index (χ1v) is 7.34. The van der Waals surface area contributed by atoms with Gasteiger partial charge < -0.3 is 21.6 Å². The maximum absolute atomic E-state index is 5.84. The lowest BCUT2D eigenvalue weighted by atomic mass is 10.1. The largest absolute Gasteiger partial charge is 0.436 e. The van der Waals surface area contributed by atoms with Gasteiger partial charge in [0.2, 0.25) is 11.9 Å². The molecule has 0 fully saturated rings. The van der Waals surface area contributed by atoms with Crippen molar-refractivity contribution in [2.45, 2.75) is 13.8 Å². The van der Waals surface area contributed by atoms with E-state index in [9.17, 15) is 0 Å². The Morgan fingerprint density at radius 3 is 2.58 bits per heavy atom. The Morgan fingerprint density at radius 2 is 1.83 bits per heavy atom. The maximum Gasteiger partial charge on any atom is 0.227 e. The van der Waals surface area contributed by atoms with E-state index in [0.29, 0.717) is 11.6 Å². The molecule has 2 aromatic carbocycles. The van der Waals surface area contributed by atoms with Crippen LogP contribution >= 0.6 is 0 Å². The third-order valence-electron chi connectivity index (χ3n) is 3.48. The van der Waals surface area contributed by atoms with Gasteiger partial charge in [-0.2, -0.15) is 4.99 Å². The van der Waals surface area contributed by atoms with Gasteiger partial charge in [-0.25, -0.2) is 9.98 Å². The second kappa shape index (κ2) is 6.04. The fourth-order valence-corrected chi connectivity index (χ4v) is 2.30. The molecule has 122 valence electrons. The summed E-state index contributed by atoms with van der Waals surface area (Å²) in [6.07, 6.45) is 0. The quantitative estimate of drug-likeness (QED) is 0.492. The van der Waals surface area contributed by atoms with Gasteiger partial charge in [0.15, 0.2) is 11.5 Å². The first-order valence-electron chi connectivity index (χ1n) is 7.34. The SMILES string of the molecule is Cc1ccc2nc(-c3ccc(C)c(N=C(N)N=C(N)N)c3)oc2c1. The molecule has 0 aliphatic rings. The van der Waals surface area contributed by atoms with Crippen LogP contribution in [0, 0.1) is 13.8 Å². The lowest BCUT2D eigenvalue weighted by molar-refractivity contribution is 0.619. The minimum absolute atomic E-state index is 0.0107. The molecule has 0 saturated carbocycles. The van der Waals surface area contributed by atoms with Crippen LogP contribution in [-0.2, 0) is 0 Å². The Balaban J connectivity index is 2.05. The summed E-state index contributed by atoms with van der Waals surface area (Å²) < 4.78 is 5.84. The van der Waals surface area contributed by atoms with E-state index in [1.807, 2.05) is 50.2 Å². The number of hydrogen-bond donors (Lipinski definition) is 3. The molecule has 0 bridgehead atoms. The van der Waals surface area contributed by atoms with E-state index in [-0.39, 0.29) is 11.9 Å². The van der Waals surface area contributed by atoms with Gasteiger partial charge in [-0.3, -0.25) is 0 Å². The average Bonchev–Trinajstić information content (AvgIpc) is 2.91. The van der Waals surface area contributed by atoms with Crippen molar-refractivity contribution < 1.29 is 4.42 Å². The summed E-state index contributed by atoms with van der Waals surface area (Å²) in [6.45, 7) is 3.92. The minimum atomic E-state index is -0.139. The topological polar surface area (TPSA) is 129 Å². The van der Waals surface area contributed by atoms with Crippen LogP contribution in [0.3, 0.4) is 0 Å². The zero-order valence-electron chi connectivity index (χ0n) is 13.4. The van der Waals surface area contributed by atoms with Gasteiger partial charge >= 0.3 is 0 Å². The van der Waals surface area contributed by atoms with Gasteiger partial charge in [0.25, 0.3) is 0 Å². The summed E-state index contributed by atoms with van der Waals surface area (Å²) in [7, 11) is 0. The molecule has 0 amide bonds. The van der Waals surface area contributed by atoms with Gasteiger partial charge in [-0.05, 0) is 49.2 Å². The molecule has 24 heavy (non-hydrogen) atoms. The average molecular weight is 322 g/mol. The van der Waals surface area contributed by atoms with Crippen LogP contribution in [0.1, 0.15) is 11.1 Å². The highest BCUT2D eigenvalue weighted by Gasteiger charge is 2.10. The van der Waals surface area contributed by atoms with E-state index in [2.05, 4.69) is 15.0 Å². The number of aryl methyl sites for hydroxylation is 2. The molecule has 0 saturated heterocycles. The number of rotatable bonds is 2. The lowest BCUT2D eigenvalue weighted by Gasteiger charge is -2.03. The number of aliphatic imine (C=N–C) groups is 2. The number of nitrogens with zero attached hydrogens (tertiary/aromatic N) is 3. The van der Waals surface area contributed by atoms with E-state index in [1.165, 1.54) is 0 Å². The normalized spacial score (nSPS) is 11.7. The predicted molar refractivity (Wildman–Crippen MR) is 96.0 cm³/mol. The molecule has 6 N–H and O–H groups in total. The second-order valence-electron chi connectivity index (χ2n) is 5.50. The van der Waals surface area contributed by atoms with E-state index < -0.39 is 0 Å². The van der Waals surface area contributed by atoms with Crippen molar-refractivity contribution in [1.29, 1.82) is 0 Å². The summed E-state index contributed by atoms with van der Waals surface area (Å²) in [4.78, 5) is 12.5. The molecule has 0 atom stereocenters. The summed E-state index contributed by atoms with van der Waals surface area (Å²) in [5, 5.41) is 0. The molecule has 3 rings (SSSR count). The summed E-state index contributed by atoms with van der Waals surface area (Å²) >= 11 is 0. The van der Waals surface area contributed by atoms with Crippen LogP contribution in [0.4, 0.5) is 5.69 Å². The molecule has 0 aliphatic heterocycles. The van der Waals surface area contributed by atoms with Crippen molar-refractivity contribution in [3.63, 3.8) is 0 Å². The number of nitrogens with two attached hydrogens (primary N) is 3. The molecule has 0 radical (unpaired) electrons. The van der Waals surface area contributed by atoms with Gasteiger partial charge in [0, 0.05) is 5.56 Å². The number of oxazole rings is 1. The van der Waals surface area contributed by atoms with Crippen LogP contribution in [0.25, 0.3) is 22.6 Å². The zero-order valence-corrected chi connectivity index (χ0v) is 13.4. The number of guanidine groups is 2. The standard InChI is InChI=1S/C17H18N6O/c1-9-3-6-12-14(7-9)24-15(21-12)11-5-4-10(2)13(8-11)22-17(20)23-16(18)19/h3-8H,1-2H3,(H6,18,19,20,22,23). The highest BCUT2D eigenvalue weighted by Crippen LogP contribution is 2.29. The van der Waals surface area contributed by atoms with Crippen LogP contribution in [0.15, 0.2) is 50.8 Å². The van der Waals surface area contributed by atoms with E-state index in [0.717, 1.165) is 27.8 Å². The second-order valence-corrected chi connectivity index (χ2v) is 5.50. The van der Waals surface area contributed by atoms with E-state index in [4.69, 9.17) is 21.6 Å². The first-order chi connectivity index (χ1) is 11.4. The van der Waals surface area contributed by atoms with Gasteiger partial charge in [0.05, 0.1) is 5.69 Å². The van der Waals surface area contributed by atoms with Crippen molar-refractivity contribution in [3.8, 4) is 11.5 Å². The fourth-order valence-electron chi connectivity index (χ4n) is 2.30. The smallest absolute Gasteiger partial charge is 0.227 e. The Hall–Kier alpha value is -3.35. The summed E-state index contributed by atoms with van der Waals surface area (Å²) in [5.74, 6) is 0.371. The zero-order chi connectivity index (χ0) is 17.3. The highest BCUT2D eigenvalue weighted by atomic mass is 16.3. The Labute approximate surface area is 138 Å². The van der Waals surface area contributed by atoms with E-state index >= 15 is 0 Å². The summed E-state index contributed by atoms with van der Waals surface area (Å²) in [6, 6.07) is 11.6. The molecular formula is C17H18N6O. The molecule has 0 aliphatic carbocycles. The number of benzene rings is 2. The van der Waals surface area contributed by atoms with Gasteiger partial charge in [-0.15, -0.1) is 0 Å². The number of hydrogen-bond acceptors (Lipinski definition) is 3. The highest BCUT2D eigenvalue weighted by molar-refractivity contribution is 5.94. The maximum atomic E-state index is 5.84. The first kappa shape index (κ1) is 15.5. The third kappa shape index (κ3) is 3.19. The number of fused-ring (bicyclic) bond motifs is 1. The minimum Gasteiger partial charge on any atom is -0.436 e. The summed E-state index contributed by atoms with van der Waals surface area (Å²) in [5.41, 5.74) is 21.4. The lowest BCUT2D eigenvalue weighted by Crippen LogP contribution is -2.26. The fraction of sp³-hybridized carbons (Fsp3) is 0.118. The van der Waals surface area contributed by atoms with Crippen molar-refractivity contribution in [3.05, 3.63) is 47.5 Å². The van der Waals surface area contributed by atoms with Crippen LogP contribution in [-0.4, -0.2) is 16.9 Å². The van der Waals surface area contributed by atoms with Crippen molar-refractivity contribution in [2.75, 3.05) is 0 Å². The predicted octanol–water partition coefficient (Wildman–Crippen LogP) is 2.33. The Morgan fingerprint density at radius 1 is 1.04 bits per heavy atom. The Bertz CT molecular complexity index is 966. The Kier molecular flexibility index (Phi) is 3.91. The molecule has 7 heteroatoms. The molecule has 7 nitrogen and oxygen atoms in total. The molecular weight excluding hydrogens is 304 g/mol. The van der Waals surface area contributed by atoms with Crippen LogP contribution in [0.5, 0.6) is 0 Å². The molecule has 1 aromatic heterocycles. The molecule has 0 spiro atoms. The van der Waals surface area contributed by atoms with Crippen LogP contribution in [0.2, 0.25) is 0 Å². The van der Waals surface area contributed by atoms with Gasteiger partial charge in [-0.1, -0.05) is 12.1 Å². The number of aromatic nitrogens is 1. The van der Waals surface area contributed by atoms with Crippen molar-refractivity contribution >= 4 is 28.7 Å². The van der Waals surface area contributed by atoms with Gasteiger partial charge in [0.1, 0.15) is 5.52 Å². The molecule has 3 aromatic rings. The third-order valence-corrected chi connectivity index (χ3v) is 3.48. The molecule has 1 heterocycles. The van der Waals surface area contributed by atoms with Crippen LogP contribution < -0.4 is 17.2 Å². The molecule has 0 unspecified atom stereocenters. The van der Waals surface area contributed by atoms with Crippen molar-refractivity contribution in [1.82, 2.24) is 4.98 Å². The van der Waals surface area contributed by atoms with E-state index in [1.54, 1.807) is 0 Å². The monoisotopic (exact) mass is 322 g/mol.